The zero-order valence-electron chi connectivity index (χ0n) is 11.9. The van der Waals surface area contributed by atoms with Gasteiger partial charge in [0, 0.05) is 16.6 Å². The second-order valence-electron chi connectivity index (χ2n) is 5.11. The lowest BCUT2D eigenvalue weighted by atomic mass is 10.00. The molecule has 1 unspecified atom stereocenters. The van der Waals surface area contributed by atoms with E-state index in [0.29, 0.717) is 5.01 Å². The molecular weight excluding hydrogens is 327 g/mol. The van der Waals surface area contributed by atoms with Crippen molar-refractivity contribution in [3.63, 3.8) is 0 Å². The van der Waals surface area contributed by atoms with Gasteiger partial charge in [0.15, 0.2) is 0 Å². The topological polar surface area (TPSA) is 57.0 Å². The van der Waals surface area contributed by atoms with Crippen LogP contribution in [-0.2, 0) is 12.7 Å². The van der Waals surface area contributed by atoms with Gasteiger partial charge >= 0.3 is 6.18 Å². The molecule has 23 heavy (non-hydrogen) atoms. The highest BCUT2D eigenvalue weighted by Gasteiger charge is 2.44. The number of nitrogens with zero attached hydrogens (tertiary/aromatic N) is 3. The van der Waals surface area contributed by atoms with Crippen LogP contribution >= 0.6 is 11.3 Å². The van der Waals surface area contributed by atoms with Crippen molar-refractivity contribution in [2.75, 3.05) is 0 Å². The predicted molar refractivity (Wildman–Crippen MR) is 76.5 cm³/mol. The molecule has 8 heteroatoms. The lowest BCUT2D eigenvalue weighted by molar-refractivity contribution is -0.137. The van der Waals surface area contributed by atoms with Gasteiger partial charge in [-0.1, -0.05) is 12.1 Å². The monoisotopic (exact) mass is 337 g/mol. The zero-order valence-corrected chi connectivity index (χ0v) is 12.7. The Morgan fingerprint density at radius 2 is 2.17 bits per heavy atom. The third-order valence-electron chi connectivity index (χ3n) is 3.58. The number of amides is 1. The van der Waals surface area contributed by atoms with Crippen molar-refractivity contribution >= 4 is 17.2 Å². The Labute approximate surface area is 133 Å². The fraction of sp³-hybridized carbons (Fsp3) is 0.267. The lowest BCUT2D eigenvalue weighted by Crippen LogP contribution is -2.27. The number of fused-ring (bicyclic) bond motifs is 1. The summed E-state index contributed by atoms with van der Waals surface area (Å²) in [5.41, 5.74) is -0.572. The van der Waals surface area contributed by atoms with Gasteiger partial charge < -0.3 is 4.90 Å². The highest BCUT2D eigenvalue weighted by molar-refractivity contribution is 7.09. The van der Waals surface area contributed by atoms with E-state index in [1.807, 2.05) is 6.07 Å². The molecule has 1 atom stereocenters. The van der Waals surface area contributed by atoms with Gasteiger partial charge in [0.25, 0.3) is 5.91 Å². The first-order valence-electron chi connectivity index (χ1n) is 6.64. The van der Waals surface area contributed by atoms with E-state index in [-0.39, 0.29) is 12.1 Å². The van der Waals surface area contributed by atoms with Crippen molar-refractivity contribution in [1.29, 1.82) is 5.26 Å². The molecule has 0 fully saturated rings. The summed E-state index contributed by atoms with van der Waals surface area (Å²) in [4.78, 5) is 17.8. The Morgan fingerprint density at radius 3 is 2.74 bits per heavy atom. The summed E-state index contributed by atoms with van der Waals surface area (Å²) in [7, 11) is 0. The molecule has 0 spiro atoms. The lowest BCUT2D eigenvalue weighted by Gasteiger charge is -2.18. The molecule has 0 saturated carbocycles. The van der Waals surface area contributed by atoms with Gasteiger partial charge in [-0.3, -0.25) is 4.79 Å². The minimum atomic E-state index is -4.64. The van der Waals surface area contributed by atoms with Crippen molar-refractivity contribution in [1.82, 2.24) is 9.88 Å². The fourth-order valence-corrected chi connectivity index (χ4v) is 3.39. The average Bonchev–Trinajstić information content (AvgIpc) is 3.01. The van der Waals surface area contributed by atoms with E-state index in [1.54, 1.807) is 12.3 Å². The summed E-state index contributed by atoms with van der Waals surface area (Å²) in [5.74, 6) is -0.785. The molecule has 118 valence electrons. The number of aromatic nitrogens is 1. The number of hydrogen-bond acceptors (Lipinski definition) is 4. The van der Waals surface area contributed by atoms with Crippen LogP contribution in [0.15, 0.2) is 23.6 Å². The van der Waals surface area contributed by atoms with Crippen LogP contribution in [0.25, 0.3) is 0 Å². The van der Waals surface area contributed by atoms with E-state index in [0.717, 1.165) is 16.7 Å². The molecule has 1 aliphatic rings. The van der Waals surface area contributed by atoms with E-state index < -0.39 is 29.3 Å². The fourth-order valence-electron chi connectivity index (χ4n) is 2.63. The Hall–Kier alpha value is -2.40. The number of hydrogen-bond donors (Lipinski definition) is 0. The molecule has 2 aromatic rings. The van der Waals surface area contributed by atoms with Gasteiger partial charge in [-0.05, 0) is 13.0 Å². The quantitative estimate of drug-likeness (QED) is 0.840. The summed E-state index contributed by atoms with van der Waals surface area (Å²) in [6, 6.07) is 4.36. The number of nitriles is 1. The molecule has 0 saturated heterocycles. The number of alkyl halides is 3. The largest absolute Gasteiger partial charge is 0.417 e. The van der Waals surface area contributed by atoms with Crippen molar-refractivity contribution in [2.45, 2.75) is 25.7 Å². The Morgan fingerprint density at radius 1 is 1.43 bits per heavy atom. The maximum atomic E-state index is 13.1. The predicted octanol–water partition coefficient (Wildman–Crippen LogP) is 3.69. The molecule has 1 amide bonds. The smallest absolute Gasteiger partial charge is 0.312 e. The maximum Gasteiger partial charge on any atom is 0.417 e. The standard InChI is InChI=1S/C15H10F3N3OS/c1-8-7-23-12(20-8)6-21-11(5-19)9-3-2-4-10(15(16,17)18)13(9)14(21)22/h2-4,7,11H,6H2,1H3. The third kappa shape index (κ3) is 2.57. The number of rotatable bonds is 2. The second-order valence-corrected chi connectivity index (χ2v) is 6.06. The minimum absolute atomic E-state index is 0.0154. The zero-order chi connectivity index (χ0) is 16.8. The van der Waals surface area contributed by atoms with E-state index in [4.69, 9.17) is 0 Å². The summed E-state index contributed by atoms with van der Waals surface area (Å²) in [6.07, 6.45) is -4.64. The van der Waals surface area contributed by atoms with Crippen LogP contribution in [0.4, 0.5) is 13.2 Å². The maximum absolute atomic E-state index is 13.1. The Bertz CT molecular complexity index is 822. The normalized spacial score (nSPS) is 17.3. The van der Waals surface area contributed by atoms with E-state index in [2.05, 4.69) is 4.98 Å². The molecular formula is C15H10F3N3OS. The molecule has 2 heterocycles. The SMILES string of the molecule is Cc1csc(CN2C(=O)c3c(cccc3C(F)(F)F)C2C#N)n1. The average molecular weight is 337 g/mol. The molecule has 4 nitrogen and oxygen atoms in total. The molecule has 1 aromatic heterocycles. The number of carbonyl (C=O) groups excluding carboxylic acids is 1. The van der Waals surface area contributed by atoms with Crippen molar-refractivity contribution in [3.05, 3.63) is 51.0 Å². The first kappa shape index (κ1) is 15.5. The van der Waals surface area contributed by atoms with Gasteiger partial charge in [0.2, 0.25) is 0 Å². The van der Waals surface area contributed by atoms with Crippen LogP contribution < -0.4 is 0 Å². The molecule has 3 rings (SSSR count). The number of halogens is 3. The molecule has 0 N–H and O–H groups in total. The first-order valence-corrected chi connectivity index (χ1v) is 7.52. The van der Waals surface area contributed by atoms with E-state index in [9.17, 15) is 23.2 Å². The number of benzene rings is 1. The van der Waals surface area contributed by atoms with Crippen LogP contribution in [0.5, 0.6) is 0 Å². The molecule has 1 aromatic carbocycles. The van der Waals surface area contributed by atoms with Crippen LogP contribution in [-0.4, -0.2) is 15.8 Å². The molecule has 0 bridgehead atoms. The molecule has 0 radical (unpaired) electrons. The van der Waals surface area contributed by atoms with Crippen LogP contribution in [0.3, 0.4) is 0 Å². The first-order chi connectivity index (χ1) is 10.8. The number of aryl methyl sites for hydroxylation is 1. The number of carbonyl (C=O) groups is 1. The van der Waals surface area contributed by atoms with E-state index >= 15 is 0 Å². The van der Waals surface area contributed by atoms with Crippen LogP contribution in [0, 0.1) is 18.3 Å². The van der Waals surface area contributed by atoms with Crippen molar-refractivity contribution in [2.24, 2.45) is 0 Å². The molecule has 1 aliphatic heterocycles. The summed E-state index contributed by atoms with van der Waals surface area (Å²) >= 11 is 1.30. The van der Waals surface area contributed by atoms with E-state index in [1.165, 1.54) is 23.5 Å². The minimum Gasteiger partial charge on any atom is -0.312 e. The van der Waals surface area contributed by atoms with Crippen LogP contribution in [0.2, 0.25) is 0 Å². The van der Waals surface area contributed by atoms with Crippen molar-refractivity contribution < 1.29 is 18.0 Å². The van der Waals surface area contributed by atoms with Crippen LogP contribution in [0.1, 0.15) is 38.2 Å². The summed E-state index contributed by atoms with van der Waals surface area (Å²) < 4.78 is 39.4. The van der Waals surface area contributed by atoms with Gasteiger partial charge in [-0.2, -0.15) is 18.4 Å². The highest BCUT2D eigenvalue weighted by atomic mass is 32.1. The van der Waals surface area contributed by atoms with Gasteiger partial charge in [-0.15, -0.1) is 11.3 Å². The van der Waals surface area contributed by atoms with Gasteiger partial charge in [0.05, 0.1) is 23.7 Å². The summed E-state index contributed by atoms with van der Waals surface area (Å²) in [5, 5.41) is 11.7. The summed E-state index contributed by atoms with van der Waals surface area (Å²) in [6.45, 7) is 1.80. The Balaban J connectivity index is 2.06. The molecule has 0 aliphatic carbocycles. The second kappa shape index (κ2) is 5.35. The highest BCUT2D eigenvalue weighted by Crippen LogP contribution is 2.41. The third-order valence-corrected chi connectivity index (χ3v) is 4.53. The number of thiazole rings is 1. The van der Waals surface area contributed by atoms with Gasteiger partial charge in [-0.25, -0.2) is 4.98 Å². The Kier molecular flexibility index (Phi) is 3.60. The van der Waals surface area contributed by atoms with Gasteiger partial charge in [0.1, 0.15) is 11.0 Å². The van der Waals surface area contributed by atoms with Crippen molar-refractivity contribution in [3.8, 4) is 6.07 Å².